The van der Waals surface area contributed by atoms with E-state index in [1.807, 2.05) is 36.4 Å². The molecule has 2 N–H and O–H groups in total. The Kier molecular flexibility index (Phi) is 3.09. The van der Waals surface area contributed by atoms with Crippen LogP contribution in [0.3, 0.4) is 0 Å². The molecular formula is C15H13N3O2. The van der Waals surface area contributed by atoms with Crippen LogP contribution >= 0.6 is 0 Å². The summed E-state index contributed by atoms with van der Waals surface area (Å²) in [5.74, 6) is 1.56. The summed E-state index contributed by atoms with van der Waals surface area (Å²) in [6, 6.07) is 14.9. The summed E-state index contributed by atoms with van der Waals surface area (Å²) in [4.78, 5) is 4.39. The topological polar surface area (TPSA) is 74.2 Å². The van der Waals surface area contributed by atoms with Gasteiger partial charge in [-0.05, 0) is 24.3 Å². The molecule has 0 fully saturated rings. The van der Waals surface area contributed by atoms with Crippen LogP contribution in [0.2, 0.25) is 0 Å². The van der Waals surface area contributed by atoms with Crippen molar-refractivity contribution < 1.29 is 9.26 Å². The van der Waals surface area contributed by atoms with Crippen molar-refractivity contribution in [2.24, 2.45) is 0 Å². The van der Waals surface area contributed by atoms with Crippen LogP contribution < -0.4 is 10.5 Å². The maximum Gasteiger partial charge on any atom is 0.258 e. The summed E-state index contributed by atoms with van der Waals surface area (Å²) in [5, 5.41) is 3.99. The lowest BCUT2D eigenvalue weighted by Crippen LogP contribution is -1.92. The smallest absolute Gasteiger partial charge is 0.258 e. The van der Waals surface area contributed by atoms with Gasteiger partial charge in [-0.3, -0.25) is 0 Å². The number of hydrogen-bond acceptors (Lipinski definition) is 5. The Morgan fingerprint density at radius 3 is 2.65 bits per heavy atom. The summed E-state index contributed by atoms with van der Waals surface area (Å²) in [5.41, 5.74) is 7.97. The predicted molar refractivity (Wildman–Crippen MR) is 76.1 cm³/mol. The third-order valence-corrected chi connectivity index (χ3v) is 2.91. The van der Waals surface area contributed by atoms with Gasteiger partial charge in [0.1, 0.15) is 5.75 Å². The highest BCUT2D eigenvalue weighted by Gasteiger charge is 2.14. The molecule has 3 rings (SSSR count). The van der Waals surface area contributed by atoms with Crippen molar-refractivity contribution in [2.75, 3.05) is 12.8 Å². The highest BCUT2D eigenvalue weighted by Crippen LogP contribution is 2.31. The minimum atomic E-state index is 0.472. The van der Waals surface area contributed by atoms with Crippen LogP contribution in [-0.4, -0.2) is 17.3 Å². The fourth-order valence-electron chi connectivity index (χ4n) is 1.92. The van der Waals surface area contributed by atoms with Crippen molar-refractivity contribution in [1.82, 2.24) is 10.1 Å². The number of hydrogen-bond donors (Lipinski definition) is 1. The first-order chi connectivity index (χ1) is 9.78. The zero-order chi connectivity index (χ0) is 13.9. The molecule has 0 spiro atoms. The van der Waals surface area contributed by atoms with Gasteiger partial charge in [0.05, 0.1) is 12.7 Å². The summed E-state index contributed by atoms with van der Waals surface area (Å²) < 4.78 is 10.6. The second-order valence-electron chi connectivity index (χ2n) is 4.25. The molecule has 1 aromatic heterocycles. The second-order valence-corrected chi connectivity index (χ2v) is 4.25. The molecule has 0 aliphatic carbocycles. The minimum absolute atomic E-state index is 0.472. The van der Waals surface area contributed by atoms with E-state index in [2.05, 4.69) is 10.1 Å². The average molecular weight is 267 g/mol. The van der Waals surface area contributed by atoms with E-state index in [0.29, 0.717) is 23.2 Å². The van der Waals surface area contributed by atoms with E-state index in [9.17, 15) is 0 Å². The van der Waals surface area contributed by atoms with E-state index >= 15 is 0 Å². The van der Waals surface area contributed by atoms with Crippen molar-refractivity contribution >= 4 is 5.69 Å². The van der Waals surface area contributed by atoms with Crippen LogP contribution in [0.4, 0.5) is 5.69 Å². The molecular weight excluding hydrogens is 254 g/mol. The van der Waals surface area contributed by atoms with Crippen molar-refractivity contribution in [1.29, 1.82) is 0 Å². The van der Waals surface area contributed by atoms with Gasteiger partial charge >= 0.3 is 0 Å². The fourth-order valence-corrected chi connectivity index (χ4v) is 1.92. The Labute approximate surface area is 116 Å². The monoisotopic (exact) mass is 267 g/mol. The summed E-state index contributed by atoms with van der Waals surface area (Å²) >= 11 is 0. The Morgan fingerprint density at radius 1 is 1.10 bits per heavy atom. The van der Waals surface area contributed by atoms with Gasteiger partial charge in [0.2, 0.25) is 5.82 Å². The molecule has 5 heteroatoms. The van der Waals surface area contributed by atoms with Crippen molar-refractivity contribution in [3.05, 3.63) is 48.5 Å². The molecule has 5 nitrogen and oxygen atoms in total. The van der Waals surface area contributed by atoms with E-state index in [1.54, 1.807) is 19.2 Å². The summed E-state index contributed by atoms with van der Waals surface area (Å²) in [6.07, 6.45) is 0. The fraction of sp³-hybridized carbons (Fsp3) is 0.0667. The quantitative estimate of drug-likeness (QED) is 0.738. The number of nitrogens with two attached hydrogens (primary N) is 1. The standard InChI is InChI=1S/C15H13N3O2/c1-19-13-9-11(16)7-8-12(13)14-17-15(20-18-14)10-5-3-2-4-6-10/h2-9H,16H2,1H3. The van der Waals surface area contributed by atoms with Crippen LogP contribution in [-0.2, 0) is 0 Å². The first-order valence-corrected chi connectivity index (χ1v) is 6.11. The van der Waals surface area contributed by atoms with Crippen LogP contribution in [0.5, 0.6) is 5.75 Å². The third kappa shape index (κ3) is 2.21. The maximum absolute atomic E-state index is 5.73. The van der Waals surface area contributed by atoms with Crippen LogP contribution in [0.1, 0.15) is 0 Å². The SMILES string of the molecule is COc1cc(N)ccc1-c1noc(-c2ccccc2)n1. The van der Waals surface area contributed by atoms with E-state index in [-0.39, 0.29) is 0 Å². The zero-order valence-electron chi connectivity index (χ0n) is 10.9. The number of methoxy groups -OCH3 is 1. The molecule has 0 radical (unpaired) electrons. The average Bonchev–Trinajstić information content (AvgIpc) is 2.97. The minimum Gasteiger partial charge on any atom is -0.496 e. The largest absolute Gasteiger partial charge is 0.496 e. The normalized spacial score (nSPS) is 10.4. The lowest BCUT2D eigenvalue weighted by Gasteiger charge is -2.05. The molecule has 100 valence electrons. The number of benzene rings is 2. The lowest BCUT2D eigenvalue weighted by atomic mass is 10.1. The lowest BCUT2D eigenvalue weighted by molar-refractivity contribution is 0.413. The van der Waals surface area contributed by atoms with Crippen LogP contribution in [0, 0.1) is 0 Å². The van der Waals surface area contributed by atoms with E-state index < -0.39 is 0 Å². The molecule has 0 saturated carbocycles. The van der Waals surface area contributed by atoms with Gasteiger partial charge in [-0.25, -0.2) is 0 Å². The Hall–Kier alpha value is -2.82. The molecule has 0 saturated heterocycles. The van der Waals surface area contributed by atoms with Crippen LogP contribution in [0.25, 0.3) is 22.8 Å². The maximum atomic E-state index is 5.73. The molecule has 0 aliphatic heterocycles. The van der Waals surface area contributed by atoms with Gasteiger partial charge < -0.3 is 15.0 Å². The third-order valence-electron chi connectivity index (χ3n) is 2.91. The number of anilines is 1. The Balaban J connectivity index is 2.02. The highest BCUT2D eigenvalue weighted by molar-refractivity contribution is 5.69. The molecule has 2 aromatic carbocycles. The first-order valence-electron chi connectivity index (χ1n) is 6.11. The summed E-state index contributed by atoms with van der Waals surface area (Å²) in [7, 11) is 1.58. The van der Waals surface area contributed by atoms with Crippen LogP contribution in [0.15, 0.2) is 53.1 Å². The van der Waals surface area contributed by atoms with Gasteiger partial charge in [-0.15, -0.1) is 0 Å². The van der Waals surface area contributed by atoms with E-state index in [1.165, 1.54) is 0 Å². The number of nitrogens with zero attached hydrogens (tertiary/aromatic N) is 2. The highest BCUT2D eigenvalue weighted by atomic mass is 16.5. The van der Waals surface area contributed by atoms with Crippen molar-refractivity contribution in [3.63, 3.8) is 0 Å². The number of nitrogen functional groups attached to an aromatic ring is 1. The van der Waals surface area contributed by atoms with Gasteiger partial charge in [-0.2, -0.15) is 4.98 Å². The molecule has 0 unspecified atom stereocenters. The molecule has 0 atom stereocenters. The Morgan fingerprint density at radius 2 is 1.90 bits per heavy atom. The molecule has 0 aliphatic rings. The molecule has 0 bridgehead atoms. The molecule has 0 amide bonds. The van der Waals surface area contributed by atoms with Gasteiger partial charge in [0, 0.05) is 17.3 Å². The second kappa shape index (κ2) is 5.05. The van der Waals surface area contributed by atoms with E-state index in [4.69, 9.17) is 15.0 Å². The first kappa shape index (κ1) is 12.2. The molecule has 3 aromatic rings. The molecule has 20 heavy (non-hydrogen) atoms. The van der Waals surface area contributed by atoms with Gasteiger partial charge in [-0.1, -0.05) is 23.4 Å². The predicted octanol–water partition coefficient (Wildman–Crippen LogP) is 2.99. The Bertz CT molecular complexity index is 723. The van der Waals surface area contributed by atoms with Gasteiger partial charge in [0.25, 0.3) is 5.89 Å². The van der Waals surface area contributed by atoms with Crippen molar-refractivity contribution in [2.45, 2.75) is 0 Å². The van der Waals surface area contributed by atoms with E-state index in [0.717, 1.165) is 11.1 Å². The number of rotatable bonds is 3. The number of ether oxygens (including phenoxy) is 1. The summed E-state index contributed by atoms with van der Waals surface area (Å²) in [6.45, 7) is 0. The van der Waals surface area contributed by atoms with Crippen molar-refractivity contribution in [3.8, 4) is 28.6 Å². The molecule has 1 heterocycles. The zero-order valence-corrected chi connectivity index (χ0v) is 10.9. The van der Waals surface area contributed by atoms with Gasteiger partial charge in [0.15, 0.2) is 0 Å². The number of aromatic nitrogens is 2.